The molecule has 37 heavy (non-hydrogen) atoms. The lowest BCUT2D eigenvalue weighted by Crippen LogP contribution is -2.53. The normalized spacial score (nSPS) is 14.6. The van der Waals surface area contributed by atoms with Crippen LogP contribution >= 0.6 is 15.9 Å². The Bertz CT molecular complexity index is 1400. The smallest absolute Gasteiger partial charge is 0.335 e. The summed E-state index contributed by atoms with van der Waals surface area (Å²) in [4.78, 5) is 49.9. The number of benzene rings is 2. The maximum absolute atomic E-state index is 13.0. The maximum atomic E-state index is 13.0. The van der Waals surface area contributed by atoms with E-state index in [1.54, 1.807) is 43.3 Å². The number of hydrogen-bond acceptors (Lipinski definition) is 7. The van der Waals surface area contributed by atoms with Crippen molar-refractivity contribution in [1.82, 2.24) is 10.2 Å². The maximum Gasteiger partial charge on any atom is 0.335 e. The molecular weight excluding hydrogens is 548 g/mol. The number of carboxylic acids is 1. The summed E-state index contributed by atoms with van der Waals surface area (Å²) in [5.41, 5.74) is 0.995. The quantitative estimate of drug-likeness (QED) is 0.286. The third-order valence-corrected chi connectivity index (χ3v) is 5.87. The van der Waals surface area contributed by atoms with Crippen molar-refractivity contribution >= 4 is 45.8 Å². The number of carboxylic acid groups (broad SMARTS) is 1. The first kappa shape index (κ1) is 25.7. The standard InChI is InChI=1S/C26H21BrN2O8/c1-2-35-21-12-16(11-20(27)22(21)37-14-15-5-3-6-17(9-15)25(32)33)10-19-23(30)28-26(34)29(24(19)31)13-18-7-4-8-36-18/h3-12H,2,13-14H2,1H3,(H,32,33)(H,28,30,34)/b19-10+. The topological polar surface area (TPSA) is 135 Å². The first-order chi connectivity index (χ1) is 17.8. The first-order valence-electron chi connectivity index (χ1n) is 11.1. The van der Waals surface area contributed by atoms with Gasteiger partial charge in [0, 0.05) is 0 Å². The van der Waals surface area contributed by atoms with Gasteiger partial charge in [-0.3, -0.25) is 19.8 Å². The number of imide groups is 2. The van der Waals surface area contributed by atoms with Crippen LogP contribution < -0.4 is 14.8 Å². The van der Waals surface area contributed by atoms with Gasteiger partial charge in [0.05, 0.1) is 29.5 Å². The van der Waals surface area contributed by atoms with Crippen LogP contribution in [0.25, 0.3) is 6.08 Å². The van der Waals surface area contributed by atoms with E-state index >= 15 is 0 Å². The van der Waals surface area contributed by atoms with Gasteiger partial charge in [0.2, 0.25) is 0 Å². The van der Waals surface area contributed by atoms with Crippen molar-refractivity contribution in [1.29, 1.82) is 0 Å². The number of urea groups is 1. The van der Waals surface area contributed by atoms with Crippen LogP contribution in [-0.4, -0.2) is 40.4 Å². The van der Waals surface area contributed by atoms with Gasteiger partial charge in [0.25, 0.3) is 11.8 Å². The van der Waals surface area contributed by atoms with Crippen molar-refractivity contribution in [3.8, 4) is 11.5 Å². The van der Waals surface area contributed by atoms with Gasteiger partial charge in [-0.1, -0.05) is 12.1 Å². The number of halogens is 1. The Morgan fingerprint density at radius 1 is 1.14 bits per heavy atom. The molecule has 0 bridgehead atoms. The van der Waals surface area contributed by atoms with E-state index in [9.17, 15) is 24.3 Å². The molecule has 190 valence electrons. The largest absolute Gasteiger partial charge is 0.490 e. The van der Waals surface area contributed by atoms with Gasteiger partial charge in [-0.2, -0.15) is 0 Å². The van der Waals surface area contributed by atoms with E-state index in [0.717, 1.165) is 4.90 Å². The van der Waals surface area contributed by atoms with Gasteiger partial charge in [-0.25, -0.2) is 9.59 Å². The van der Waals surface area contributed by atoms with Gasteiger partial charge in [0.1, 0.15) is 17.9 Å². The highest BCUT2D eigenvalue weighted by atomic mass is 79.9. The van der Waals surface area contributed by atoms with Crippen LogP contribution in [0.1, 0.15) is 34.2 Å². The average molecular weight is 569 g/mol. The summed E-state index contributed by atoms with van der Waals surface area (Å²) in [7, 11) is 0. The number of barbiturate groups is 1. The summed E-state index contributed by atoms with van der Waals surface area (Å²) in [6.07, 6.45) is 2.77. The molecule has 1 aromatic heterocycles. The summed E-state index contributed by atoms with van der Waals surface area (Å²) in [5.74, 6) is -1.55. The van der Waals surface area contributed by atoms with Crippen molar-refractivity contribution in [3.05, 3.63) is 87.3 Å². The van der Waals surface area contributed by atoms with Crippen molar-refractivity contribution in [3.63, 3.8) is 0 Å². The van der Waals surface area contributed by atoms with Gasteiger partial charge < -0.3 is 19.0 Å². The Kier molecular flexibility index (Phi) is 7.73. The van der Waals surface area contributed by atoms with E-state index < -0.39 is 23.8 Å². The lowest BCUT2D eigenvalue weighted by molar-refractivity contribution is -0.130. The molecule has 2 aromatic carbocycles. The molecule has 0 spiro atoms. The Morgan fingerprint density at radius 2 is 1.95 bits per heavy atom. The SMILES string of the molecule is CCOc1cc(/C=C2\C(=O)NC(=O)N(Cc3ccco3)C2=O)cc(Br)c1OCc1cccc(C(=O)O)c1. The highest BCUT2D eigenvalue weighted by Gasteiger charge is 2.36. The highest BCUT2D eigenvalue weighted by molar-refractivity contribution is 9.10. The lowest BCUT2D eigenvalue weighted by atomic mass is 10.1. The van der Waals surface area contributed by atoms with Crippen LogP contribution in [0.15, 0.2) is 69.3 Å². The van der Waals surface area contributed by atoms with Gasteiger partial charge in [-0.15, -0.1) is 0 Å². The number of furan rings is 1. The molecule has 1 saturated heterocycles. The molecule has 4 amide bonds. The van der Waals surface area contributed by atoms with E-state index in [0.29, 0.717) is 39.5 Å². The number of hydrogen-bond donors (Lipinski definition) is 2. The molecule has 0 aliphatic carbocycles. The summed E-state index contributed by atoms with van der Waals surface area (Å²) in [6, 6.07) is 12.0. The first-order valence-corrected chi connectivity index (χ1v) is 11.9. The lowest BCUT2D eigenvalue weighted by Gasteiger charge is -2.25. The number of nitrogens with zero attached hydrogens (tertiary/aromatic N) is 1. The van der Waals surface area contributed by atoms with Crippen LogP contribution in [0.4, 0.5) is 4.79 Å². The van der Waals surface area contributed by atoms with Crippen molar-refractivity contribution in [2.75, 3.05) is 6.61 Å². The molecule has 0 unspecified atom stereocenters. The van der Waals surface area contributed by atoms with Crippen LogP contribution in [0.2, 0.25) is 0 Å². The summed E-state index contributed by atoms with van der Waals surface area (Å²) >= 11 is 3.44. The average Bonchev–Trinajstić information content (AvgIpc) is 3.37. The molecule has 0 atom stereocenters. The Hall–Kier alpha value is -4.38. The predicted molar refractivity (Wildman–Crippen MR) is 134 cm³/mol. The zero-order valence-corrected chi connectivity index (χ0v) is 21.1. The molecule has 1 aliphatic rings. The molecular formula is C26H21BrN2O8. The van der Waals surface area contributed by atoms with Crippen LogP contribution in [0.3, 0.4) is 0 Å². The zero-order valence-electron chi connectivity index (χ0n) is 19.5. The van der Waals surface area contributed by atoms with E-state index in [2.05, 4.69) is 21.2 Å². The summed E-state index contributed by atoms with van der Waals surface area (Å²) in [6.45, 7) is 2.04. The van der Waals surface area contributed by atoms with Gasteiger partial charge >= 0.3 is 12.0 Å². The Morgan fingerprint density at radius 3 is 2.65 bits per heavy atom. The number of carbonyl (C=O) groups excluding carboxylic acids is 3. The third kappa shape index (κ3) is 5.89. The molecule has 2 heterocycles. The predicted octanol–water partition coefficient (Wildman–Crippen LogP) is 4.38. The Balaban J connectivity index is 1.61. The monoisotopic (exact) mass is 568 g/mol. The van der Waals surface area contributed by atoms with Crippen LogP contribution in [0.5, 0.6) is 11.5 Å². The highest BCUT2D eigenvalue weighted by Crippen LogP contribution is 2.38. The second kappa shape index (κ2) is 11.1. The molecule has 10 nitrogen and oxygen atoms in total. The van der Waals surface area contributed by atoms with Gasteiger partial charge in [0.15, 0.2) is 11.5 Å². The van der Waals surface area contributed by atoms with Crippen LogP contribution in [-0.2, 0) is 22.7 Å². The van der Waals surface area contributed by atoms with Crippen molar-refractivity contribution in [2.24, 2.45) is 0 Å². The minimum Gasteiger partial charge on any atom is -0.490 e. The van der Waals surface area contributed by atoms with E-state index in [4.69, 9.17) is 13.9 Å². The summed E-state index contributed by atoms with van der Waals surface area (Å²) in [5, 5.41) is 11.4. The third-order valence-electron chi connectivity index (χ3n) is 5.28. The molecule has 2 N–H and O–H groups in total. The van der Waals surface area contributed by atoms with Crippen LogP contribution in [0, 0.1) is 0 Å². The summed E-state index contributed by atoms with van der Waals surface area (Å²) < 4.78 is 17.3. The fourth-order valence-electron chi connectivity index (χ4n) is 3.59. The number of ether oxygens (including phenoxy) is 2. The molecule has 1 aliphatic heterocycles. The number of nitrogens with one attached hydrogen (secondary N) is 1. The molecule has 0 saturated carbocycles. The van der Waals surface area contributed by atoms with Crippen molar-refractivity contribution < 1.29 is 38.2 Å². The molecule has 3 aromatic rings. The number of carbonyl (C=O) groups is 4. The molecule has 4 rings (SSSR count). The fraction of sp³-hybridized carbons (Fsp3) is 0.154. The molecule has 0 radical (unpaired) electrons. The van der Waals surface area contributed by atoms with E-state index in [1.165, 1.54) is 24.5 Å². The Labute approximate surface area is 219 Å². The van der Waals surface area contributed by atoms with E-state index in [-0.39, 0.29) is 24.3 Å². The fourth-order valence-corrected chi connectivity index (χ4v) is 4.16. The number of amides is 4. The minimum atomic E-state index is -1.04. The number of rotatable bonds is 9. The van der Waals surface area contributed by atoms with Crippen molar-refractivity contribution in [2.45, 2.75) is 20.1 Å². The second-order valence-electron chi connectivity index (χ2n) is 7.85. The minimum absolute atomic E-state index is 0.0744. The van der Waals surface area contributed by atoms with Gasteiger partial charge in [-0.05, 0) is 76.5 Å². The second-order valence-corrected chi connectivity index (χ2v) is 8.70. The number of aromatic carboxylic acids is 1. The molecule has 1 fully saturated rings. The zero-order chi connectivity index (χ0) is 26.5. The van der Waals surface area contributed by atoms with E-state index in [1.807, 2.05) is 0 Å². The molecule has 11 heteroatoms.